The average Bonchev–Trinajstić information content (AvgIpc) is 2.37. The number of hydrogen-bond acceptors (Lipinski definition) is 3. The second-order valence-electron chi connectivity index (χ2n) is 6.89. The molecule has 1 heterocycles. The monoisotopic (exact) mass is 309 g/mol. The topological polar surface area (TPSA) is 49.8 Å². The summed E-state index contributed by atoms with van der Waals surface area (Å²) in [4.78, 5) is 13.6. The first kappa shape index (κ1) is 16.7. The number of benzene rings is 1. The number of aryl methyl sites for hydroxylation is 1. The number of nitrogens with zero attached hydrogens (tertiary/aromatic N) is 1. The first-order chi connectivity index (χ1) is 10.2. The molecule has 4 nitrogen and oxygen atoms in total. The number of rotatable bonds is 1. The number of piperidine rings is 1. The van der Waals surface area contributed by atoms with Crippen LogP contribution < -0.4 is 0 Å². The third-order valence-corrected chi connectivity index (χ3v) is 3.86. The Kier molecular flexibility index (Phi) is 4.75. The molecule has 1 fully saturated rings. The number of likely N-dealkylation sites (tertiary alicyclic amines) is 1. The summed E-state index contributed by atoms with van der Waals surface area (Å²) in [5.41, 5.74) is 1.22. The van der Waals surface area contributed by atoms with E-state index in [4.69, 9.17) is 4.74 Å². The number of ether oxygens (including phenoxy) is 1. The van der Waals surface area contributed by atoms with Crippen LogP contribution in [0.5, 0.6) is 0 Å². The molecule has 5 heteroatoms. The van der Waals surface area contributed by atoms with Crippen LogP contribution in [-0.4, -0.2) is 40.9 Å². The van der Waals surface area contributed by atoms with Crippen molar-refractivity contribution in [3.8, 4) is 0 Å². The van der Waals surface area contributed by atoms with E-state index < -0.39 is 17.8 Å². The highest BCUT2D eigenvalue weighted by Gasteiger charge is 2.33. The fourth-order valence-electron chi connectivity index (χ4n) is 2.84. The van der Waals surface area contributed by atoms with Gasteiger partial charge < -0.3 is 14.7 Å². The Labute approximate surface area is 130 Å². The third-order valence-electron chi connectivity index (χ3n) is 3.86. The summed E-state index contributed by atoms with van der Waals surface area (Å²) in [5.74, 6) is -0.360. The number of hydrogen-bond donors (Lipinski definition) is 1. The van der Waals surface area contributed by atoms with E-state index in [0.717, 1.165) is 11.1 Å². The van der Waals surface area contributed by atoms with Crippen LogP contribution in [0.3, 0.4) is 0 Å². The van der Waals surface area contributed by atoms with Gasteiger partial charge in [0.25, 0.3) is 0 Å². The van der Waals surface area contributed by atoms with Gasteiger partial charge in [-0.05, 0) is 57.4 Å². The van der Waals surface area contributed by atoms with Gasteiger partial charge in [-0.15, -0.1) is 0 Å². The maximum atomic E-state index is 13.2. The number of carbonyl (C=O) groups excluding carboxylic acids is 1. The Morgan fingerprint density at radius 1 is 1.41 bits per heavy atom. The predicted molar refractivity (Wildman–Crippen MR) is 82.3 cm³/mol. The highest BCUT2D eigenvalue weighted by molar-refractivity contribution is 5.68. The van der Waals surface area contributed by atoms with Crippen molar-refractivity contribution >= 4 is 6.09 Å². The molecule has 2 rings (SSSR count). The molecule has 0 unspecified atom stereocenters. The number of carbonyl (C=O) groups is 1. The molecule has 1 aromatic rings. The van der Waals surface area contributed by atoms with E-state index in [0.29, 0.717) is 13.0 Å². The fourth-order valence-corrected chi connectivity index (χ4v) is 2.84. The summed E-state index contributed by atoms with van der Waals surface area (Å²) in [7, 11) is 0. The Morgan fingerprint density at radius 2 is 2.09 bits per heavy atom. The number of amides is 1. The van der Waals surface area contributed by atoms with E-state index in [-0.39, 0.29) is 18.3 Å². The van der Waals surface area contributed by atoms with Gasteiger partial charge in [0.2, 0.25) is 0 Å². The molecule has 0 aromatic heterocycles. The molecule has 1 amide bonds. The summed E-state index contributed by atoms with van der Waals surface area (Å²) < 4.78 is 18.5. The van der Waals surface area contributed by atoms with E-state index in [1.807, 2.05) is 27.7 Å². The van der Waals surface area contributed by atoms with E-state index in [2.05, 4.69) is 0 Å². The second-order valence-corrected chi connectivity index (χ2v) is 6.89. The third kappa shape index (κ3) is 3.97. The van der Waals surface area contributed by atoms with E-state index >= 15 is 0 Å². The number of aliphatic hydroxyl groups is 1. The Balaban J connectivity index is 2.05. The van der Waals surface area contributed by atoms with Gasteiger partial charge in [-0.25, -0.2) is 9.18 Å². The molecule has 22 heavy (non-hydrogen) atoms. The standard InChI is InChI=1S/C17H24FNO3/c1-11-9-12(18)5-6-13(11)14-7-8-19(10-15(14)20)16(21)22-17(2,3)4/h5-6,9,14-15,20H,7-8,10H2,1-4H3/t14-,15-/m0/s1. The average molecular weight is 309 g/mol. The number of β-amino-alcohol motifs (C(OH)–C–C–N with tert-alkyl or cyclic N) is 1. The van der Waals surface area contributed by atoms with Crippen LogP contribution in [0, 0.1) is 12.7 Å². The van der Waals surface area contributed by atoms with Crippen molar-refractivity contribution in [3.05, 3.63) is 35.1 Å². The van der Waals surface area contributed by atoms with Crippen molar-refractivity contribution in [1.82, 2.24) is 4.90 Å². The van der Waals surface area contributed by atoms with Crippen LogP contribution >= 0.6 is 0 Å². The second kappa shape index (κ2) is 6.24. The van der Waals surface area contributed by atoms with Crippen LogP contribution in [0.4, 0.5) is 9.18 Å². The van der Waals surface area contributed by atoms with Gasteiger partial charge in [0, 0.05) is 12.5 Å². The zero-order valence-corrected chi connectivity index (χ0v) is 13.6. The predicted octanol–water partition coefficient (Wildman–Crippen LogP) is 3.22. The highest BCUT2D eigenvalue weighted by Crippen LogP contribution is 2.31. The lowest BCUT2D eigenvalue weighted by Crippen LogP contribution is -2.47. The van der Waals surface area contributed by atoms with Crippen molar-refractivity contribution in [2.45, 2.75) is 51.7 Å². The molecule has 1 aliphatic rings. The molecule has 0 bridgehead atoms. The van der Waals surface area contributed by atoms with E-state index in [1.54, 1.807) is 6.07 Å². The largest absolute Gasteiger partial charge is 0.444 e. The van der Waals surface area contributed by atoms with Crippen LogP contribution in [0.1, 0.15) is 44.2 Å². The zero-order valence-electron chi connectivity index (χ0n) is 13.6. The molecule has 122 valence electrons. The van der Waals surface area contributed by atoms with Crippen LogP contribution in [0.25, 0.3) is 0 Å². The maximum Gasteiger partial charge on any atom is 0.410 e. The quantitative estimate of drug-likeness (QED) is 0.866. The Morgan fingerprint density at radius 3 is 2.64 bits per heavy atom. The smallest absolute Gasteiger partial charge is 0.410 e. The van der Waals surface area contributed by atoms with Gasteiger partial charge in [0.15, 0.2) is 0 Å². The van der Waals surface area contributed by atoms with Crippen molar-refractivity contribution in [2.75, 3.05) is 13.1 Å². The normalized spacial score (nSPS) is 22.5. The highest BCUT2D eigenvalue weighted by atomic mass is 19.1. The van der Waals surface area contributed by atoms with Gasteiger partial charge >= 0.3 is 6.09 Å². The molecular formula is C17H24FNO3. The minimum Gasteiger partial charge on any atom is -0.444 e. The molecule has 0 aliphatic carbocycles. The lowest BCUT2D eigenvalue weighted by atomic mass is 9.85. The lowest BCUT2D eigenvalue weighted by Gasteiger charge is -2.37. The molecular weight excluding hydrogens is 285 g/mol. The first-order valence-corrected chi connectivity index (χ1v) is 7.59. The minimum atomic E-state index is -0.676. The van der Waals surface area contributed by atoms with E-state index in [9.17, 15) is 14.3 Å². The van der Waals surface area contributed by atoms with Gasteiger partial charge in [-0.2, -0.15) is 0 Å². The van der Waals surface area contributed by atoms with E-state index in [1.165, 1.54) is 17.0 Å². The first-order valence-electron chi connectivity index (χ1n) is 7.59. The molecule has 2 atom stereocenters. The van der Waals surface area contributed by atoms with Crippen LogP contribution in [0.2, 0.25) is 0 Å². The van der Waals surface area contributed by atoms with Gasteiger partial charge in [-0.1, -0.05) is 6.07 Å². The Hall–Kier alpha value is -1.62. The van der Waals surface area contributed by atoms with Crippen molar-refractivity contribution in [1.29, 1.82) is 0 Å². The lowest BCUT2D eigenvalue weighted by molar-refractivity contribution is -0.00156. The molecule has 1 N–H and O–H groups in total. The molecule has 0 radical (unpaired) electrons. The summed E-state index contributed by atoms with van der Waals surface area (Å²) >= 11 is 0. The number of aliphatic hydroxyl groups excluding tert-OH is 1. The van der Waals surface area contributed by atoms with Gasteiger partial charge in [-0.3, -0.25) is 0 Å². The summed E-state index contributed by atoms with van der Waals surface area (Å²) in [5, 5.41) is 10.4. The number of halogens is 1. The summed E-state index contributed by atoms with van der Waals surface area (Å²) in [6, 6.07) is 4.61. The minimum absolute atomic E-state index is 0.0840. The van der Waals surface area contributed by atoms with Gasteiger partial charge in [0.1, 0.15) is 11.4 Å². The van der Waals surface area contributed by atoms with Crippen molar-refractivity contribution < 1.29 is 19.0 Å². The maximum absolute atomic E-state index is 13.2. The van der Waals surface area contributed by atoms with Crippen LogP contribution in [-0.2, 0) is 4.74 Å². The fraction of sp³-hybridized carbons (Fsp3) is 0.588. The molecule has 1 aliphatic heterocycles. The molecule has 1 saturated heterocycles. The van der Waals surface area contributed by atoms with Crippen LogP contribution in [0.15, 0.2) is 18.2 Å². The SMILES string of the molecule is Cc1cc(F)ccc1[C@@H]1CCN(C(=O)OC(C)(C)C)C[C@@H]1O. The summed E-state index contributed by atoms with van der Waals surface area (Å²) in [6.07, 6.45) is -0.446. The molecule has 0 spiro atoms. The molecule has 0 saturated carbocycles. The van der Waals surface area contributed by atoms with Crippen molar-refractivity contribution in [2.24, 2.45) is 0 Å². The van der Waals surface area contributed by atoms with Crippen molar-refractivity contribution in [3.63, 3.8) is 0 Å². The molecule has 1 aromatic carbocycles. The Bertz CT molecular complexity index is 553. The summed E-state index contributed by atoms with van der Waals surface area (Å²) in [6.45, 7) is 8.04. The zero-order chi connectivity index (χ0) is 16.5. The van der Waals surface area contributed by atoms with Gasteiger partial charge in [0.05, 0.1) is 12.6 Å².